The lowest BCUT2D eigenvalue weighted by Gasteiger charge is -2.21. The molecule has 0 unspecified atom stereocenters. The van der Waals surface area contributed by atoms with Crippen molar-refractivity contribution in [3.63, 3.8) is 0 Å². The zero-order chi connectivity index (χ0) is 18.6. The van der Waals surface area contributed by atoms with E-state index in [9.17, 15) is 14.9 Å². The van der Waals surface area contributed by atoms with Gasteiger partial charge in [-0.3, -0.25) is 4.79 Å². The van der Waals surface area contributed by atoms with Crippen LogP contribution in [0.3, 0.4) is 0 Å². The standard InChI is InChI=1S/C19H19N3O3S/c1-13-4-6-14(7-5-13)17-21-15(11-26-17)18(24)25-10-16(23)22-19(12-20)8-2-3-9-19/h4-7,11H,2-3,8-10H2,1H3,(H,22,23). The van der Waals surface area contributed by atoms with Gasteiger partial charge in [-0.25, -0.2) is 9.78 Å². The average Bonchev–Trinajstić information content (AvgIpc) is 3.30. The lowest BCUT2D eigenvalue weighted by atomic mass is 10.00. The first kappa shape index (κ1) is 18.1. The van der Waals surface area contributed by atoms with E-state index in [1.165, 1.54) is 11.3 Å². The minimum absolute atomic E-state index is 0.175. The zero-order valence-corrected chi connectivity index (χ0v) is 15.3. The van der Waals surface area contributed by atoms with Crippen LogP contribution in [0.15, 0.2) is 29.6 Å². The SMILES string of the molecule is Cc1ccc(-c2nc(C(=O)OCC(=O)NC3(C#N)CCCC3)cs2)cc1. The number of carbonyl (C=O) groups excluding carboxylic acids is 2. The molecule has 0 radical (unpaired) electrons. The van der Waals surface area contributed by atoms with Crippen molar-refractivity contribution in [3.05, 3.63) is 40.9 Å². The summed E-state index contributed by atoms with van der Waals surface area (Å²) in [6.07, 6.45) is 3.09. The Hall–Kier alpha value is -2.72. The first-order valence-electron chi connectivity index (χ1n) is 8.43. The van der Waals surface area contributed by atoms with Crippen LogP contribution in [0, 0.1) is 18.3 Å². The number of ether oxygens (including phenoxy) is 1. The summed E-state index contributed by atoms with van der Waals surface area (Å²) < 4.78 is 5.04. The van der Waals surface area contributed by atoms with Gasteiger partial charge in [-0.2, -0.15) is 5.26 Å². The van der Waals surface area contributed by atoms with Crippen LogP contribution in [-0.2, 0) is 9.53 Å². The highest BCUT2D eigenvalue weighted by molar-refractivity contribution is 7.13. The second-order valence-corrected chi connectivity index (χ2v) is 7.29. The number of thiazole rings is 1. The Bertz CT molecular complexity index is 846. The smallest absolute Gasteiger partial charge is 0.358 e. The number of carbonyl (C=O) groups is 2. The number of esters is 1. The van der Waals surface area contributed by atoms with Crippen molar-refractivity contribution in [2.24, 2.45) is 0 Å². The van der Waals surface area contributed by atoms with Gasteiger partial charge in [0.25, 0.3) is 5.91 Å². The molecule has 0 aliphatic heterocycles. The Balaban J connectivity index is 1.56. The number of amides is 1. The predicted molar refractivity (Wildman–Crippen MR) is 97.5 cm³/mol. The zero-order valence-electron chi connectivity index (χ0n) is 14.4. The summed E-state index contributed by atoms with van der Waals surface area (Å²) in [5.74, 6) is -1.11. The average molecular weight is 369 g/mol. The molecule has 1 amide bonds. The Morgan fingerprint density at radius 3 is 2.65 bits per heavy atom. The highest BCUT2D eigenvalue weighted by atomic mass is 32.1. The molecule has 134 valence electrons. The van der Waals surface area contributed by atoms with Gasteiger partial charge in [0, 0.05) is 10.9 Å². The van der Waals surface area contributed by atoms with Gasteiger partial charge in [-0.05, 0) is 32.6 Å². The number of hydrogen-bond acceptors (Lipinski definition) is 6. The Morgan fingerprint density at radius 1 is 1.31 bits per heavy atom. The molecular formula is C19H19N3O3S. The highest BCUT2D eigenvalue weighted by Gasteiger charge is 2.35. The number of aryl methyl sites for hydroxylation is 1. The first-order chi connectivity index (χ1) is 12.5. The van der Waals surface area contributed by atoms with Crippen LogP contribution in [0.4, 0.5) is 0 Å². The molecule has 0 atom stereocenters. The van der Waals surface area contributed by atoms with Crippen molar-refractivity contribution < 1.29 is 14.3 Å². The quantitative estimate of drug-likeness (QED) is 0.817. The molecule has 2 aromatic rings. The van der Waals surface area contributed by atoms with Crippen LogP contribution in [0.5, 0.6) is 0 Å². The minimum Gasteiger partial charge on any atom is -0.451 e. The van der Waals surface area contributed by atoms with E-state index in [1.807, 2.05) is 31.2 Å². The highest BCUT2D eigenvalue weighted by Crippen LogP contribution is 2.28. The van der Waals surface area contributed by atoms with Gasteiger partial charge < -0.3 is 10.1 Å². The van der Waals surface area contributed by atoms with Crippen LogP contribution in [-0.4, -0.2) is 29.0 Å². The molecule has 1 heterocycles. The second-order valence-electron chi connectivity index (χ2n) is 6.43. The van der Waals surface area contributed by atoms with E-state index in [4.69, 9.17) is 4.74 Å². The fraction of sp³-hybridized carbons (Fsp3) is 0.368. The number of nitrogens with one attached hydrogen (secondary N) is 1. The van der Waals surface area contributed by atoms with E-state index >= 15 is 0 Å². The van der Waals surface area contributed by atoms with Crippen molar-refractivity contribution in [3.8, 4) is 16.6 Å². The summed E-state index contributed by atoms with van der Waals surface area (Å²) in [7, 11) is 0. The maximum absolute atomic E-state index is 12.1. The third kappa shape index (κ3) is 4.09. The van der Waals surface area contributed by atoms with E-state index in [0.29, 0.717) is 12.8 Å². The molecule has 26 heavy (non-hydrogen) atoms. The topological polar surface area (TPSA) is 92.1 Å². The molecular weight excluding hydrogens is 350 g/mol. The maximum atomic E-state index is 12.1. The van der Waals surface area contributed by atoms with Crippen molar-refractivity contribution in [1.82, 2.24) is 10.3 Å². The van der Waals surface area contributed by atoms with Gasteiger partial charge in [0.15, 0.2) is 12.3 Å². The molecule has 1 fully saturated rings. The first-order valence-corrected chi connectivity index (χ1v) is 9.31. The molecule has 0 saturated heterocycles. The van der Waals surface area contributed by atoms with Gasteiger partial charge in [0.2, 0.25) is 0 Å². The normalized spacial score (nSPS) is 15.2. The Morgan fingerprint density at radius 2 is 2.00 bits per heavy atom. The third-order valence-electron chi connectivity index (χ3n) is 4.40. The third-order valence-corrected chi connectivity index (χ3v) is 5.29. The predicted octanol–water partition coefficient (Wildman–Crippen LogP) is 3.23. The monoisotopic (exact) mass is 369 g/mol. The molecule has 1 aliphatic rings. The number of nitriles is 1. The summed E-state index contributed by atoms with van der Waals surface area (Å²) in [6.45, 7) is 1.58. The van der Waals surface area contributed by atoms with Gasteiger partial charge in [0.1, 0.15) is 10.5 Å². The molecule has 1 N–H and O–H groups in total. The molecule has 7 heteroatoms. The van der Waals surface area contributed by atoms with Crippen molar-refractivity contribution >= 4 is 23.2 Å². The lowest BCUT2D eigenvalue weighted by molar-refractivity contribution is -0.125. The lowest BCUT2D eigenvalue weighted by Crippen LogP contribution is -2.46. The van der Waals surface area contributed by atoms with Gasteiger partial charge in [-0.15, -0.1) is 11.3 Å². The molecule has 1 aliphatic carbocycles. The molecule has 0 bridgehead atoms. The van der Waals surface area contributed by atoms with Gasteiger partial charge in [0.05, 0.1) is 6.07 Å². The summed E-state index contributed by atoms with van der Waals surface area (Å²) in [5, 5.41) is 14.3. The van der Waals surface area contributed by atoms with E-state index in [0.717, 1.165) is 29.0 Å². The largest absolute Gasteiger partial charge is 0.451 e. The van der Waals surface area contributed by atoms with Crippen LogP contribution in [0.1, 0.15) is 41.7 Å². The van der Waals surface area contributed by atoms with Crippen LogP contribution >= 0.6 is 11.3 Å². The molecule has 3 rings (SSSR count). The van der Waals surface area contributed by atoms with Gasteiger partial charge >= 0.3 is 5.97 Å². The minimum atomic E-state index is -0.817. The summed E-state index contributed by atoms with van der Waals surface area (Å²) in [4.78, 5) is 28.4. The van der Waals surface area contributed by atoms with E-state index in [-0.39, 0.29) is 5.69 Å². The van der Waals surface area contributed by atoms with Gasteiger partial charge in [-0.1, -0.05) is 29.8 Å². The van der Waals surface area contributed by atoms with Crippen molar-refractivity contribution in [1.29, 1.82) is 5.26 Å². The number of nitrogens with zero attached hydrogens (tertiary/aromatic N) is 2. The fourth-order valence-electron chi connectivity index (χ4n) is 2.95. The van der Waals surface area contributed by atoms with Crippen molar-refractivity contribution in [2.75, 3.05) is 6.61 Å². The number of rotatable bonds is 5. The maximum Gasteiger partial charge on any atom is 0.358 e. The number of aromatic nitrogens is 1. The Kier molecular flexibility index (Phi) is 5.33. The summed E-state index contributed by atoms with van der Waals surface area (Å²) >= 11 is 1.34. The number of hydrogen-bond donors (Lipinski definition) is 1. The van der Waals surface area contributed by atoms with Crippen LogP contribution in [0.2, 0.25) is 0 Å². The summed E-state index contributed by atoms with van der Waals surface area (Å²) in [6, 6.07) is 10.0. The second kappa shape index (κ2) is 7.67. The molecule has 1 aromatic carbocycles. The Labute approximate surface area is 155 Å². The van der Waals surface area contributed by atoms with Crippen LogP contribution in [0.25, 0.3) is 10.6 Å². The number of benzene rings is 1. The van der Waals surface area contributed by atoms with E-state index in [1.54, 1.807) is 5.38 Å². The van der Waals surface area contributed by atoms with E-state index < -0.39 is 24.0 Å². The summed E-state index contributed by atoms with van der Waals surface area (Å²) in [5.41, 5.74) is 1.43. The van der Waals surface area contributed by atoms with Crippen LogP contribution < -0.4 is 5.32 Å². The molecule has 1 saturated carbocycles. The molecule has 6 nitrogen and oxygen atoms in total. The fourth-order valence-corrected chi connectivity index (χ4v) is 3.74. The molecule has 0 spiro atoms. The van der Waals surface area contributed by atoms with Crippen molar-refractivity contribution in [2.45, 2.75) is 38.1 Å². The van der Waals surface area contributed by atoms with E-state index in [2.05, 4.69) is 16.4 Å². The molecule has 1 aromatic heterocycles.